The summed E-state index contributed by atoms with van der Waals surface area (Å²) in [5.41, 5.74) is 2.30. The van der Waals surface area contributed by atoms with Gasteiger partial charge in [-0.2, -0.15) is 0 Å². The number of rotatable bonds is 7. The molecule has 1 aromatic heterocycles. The first kappa shape index (κ1) is 36.0. The van der Waals surface area contributed by atoms with Gasteiger partial charge in [0, 0.05) is 37.4 Å². The molecule has 6 rings (SSSR count). The van der Waals surface area contributed by atoms with Gasteiger partial charge in [0.1, 0.15) is 17.8 Å². The van der Waals surface area contributed by atoms with Crippen LogP contribution in [0, 0.1) is 12.8 Å². The van der Waals surface area contributed by atoms with Crippen molar-refractivity contribution in [3.05, 3.63) is 81.8 Å². The van der Waals surface area contributed by atoms with Crippen LogP contribution in [-0.4, -0.2) is 106 Å². The molecule has 0 unspecified atom stereocenters. The van der Waals surface area contributed by atoms with E-state index in [1.54, 1.807) is 23.1 Å². The van der Waals surface area contributed by atoms with Crippen LogP contribution in [0.25, 0.3) is 0 Å². The molecule has 3 aliphatic rings. The number of fused-ring (bicyclic) bond motifs is 4. The van der Waals surface area contributed by atoms with Crippen molar-refractivity contribution in [2.45, 2.75) is 69.7 Å². The topological polar surface area (TPSA) is 170 Å². The van der Waals surface area contributed by atoms with Gasteiger partial charge in [0.2, 0.25) is 23.6 Å². The Kier molecular flexibility index (Phi) is 11.3. The molecule has 2 aromatic carbocycles. The number of likely N-dealkylation sites (tertiary alicyclic amines) is 1. The van der Waals surface area contributed by atoms with Gasteiger partial charge in [-0.15, -0.1) is 11.3 Å². The van der Waals surface area contributed by atoms with Crippen LogP contribution in [-0.2, 0) is 36.8 Å². The molecule has 1 saturated carbocycles. The number of hydrogen-bond acceptors (Lipinski definition) is 9. The molecular formula is C37H44N6O7S. The molecule has 1 aliphatic carbocycles. The number of nitrogens with one attached hydrogen (secondary N) is 3. The van der Waals surface area contributed by atoms with Crippen molar-refractivity contribution < 1.29 is 33.8 Å². The Morgan fingerprint density at radius 3 is 2.51 bits per heavy atom. The summed E-state index contributed by atoms with van der Waals surface area (Å²) in [7, 11) is 0. The third-order valence-corrected chi connectivity index (χ3v) is 10.3. The van der Waals surface area contributed by atoms with E-state index in [4.69, 9.17) is 4.74 Å². The molecule has 0 radical (unpaired) electrons. The fourth-order valence-corrected chi connectivity index (χ4v) is 7.24. The summed E-state index contributed by atoms with van der Waals surface area (Å²) < 4.78 is 5.84. The van der Waals surface area contributed by atoms with Crippen LogP contribution in [0.3, 0.4) is 0 Å². The molecular weight excluding hydrogens is 673 g/mol. The maximum absolute atomic E-state index is 14.2. The highest BCUT2D eigenvalue weighted by atomic mass is 32.1. The van der Waals surface area contributed by atoms with Crippen LogP contribution in [0.1, 0.15) is 47.5 Å². The van der Waals surface area contributed by atoms with Gasteiger partial charge in [-0.3, -0.25) is 24.0 Å². The fourth-order valence-electron chi connectivity index (χ4n) is 6.63. The number of thiazole rings is 1. The summed E-state index contributed by atoms with van der Waals surface area (Å²) in [5.74, 6) is -2.04. The maximum atomic E-state index is 14.2. The third-order valence-electron chi connectivity index (χ3n) is 9.48. The molecule has 2 aliphatic heterocycles. The quantitative estimate of drug-likeness (QED) is 0.284. The minimum atomic E-state index is -1.31. The second-order valence-electron chi connectivity index (χ2n) is 13.7. The van der Waals surface area contributed by atoms with Gasteiger partial charge >= 0.3 is 0 Å². The summed E-state index contributed by atoms with van der Waals surface area (Å²) >= 11 is 1.48. The number of aromatic nitrogens is 1. The van der Waals surface area contributed by atoms with Crippen LogP contribution in [0.2, 0.25) is 0 Å². The van der Waals surface area contributed by atoms with Gasteiger partial charge in [-0.05, 0) is 55.9 Å². The number of aliphatic hydroxyl groups is 1. The molecule has 0 spiro atoms. The molecule has 2 bridgehead atoms. The second kappa shape index (κ2) is 16.0. The molecule has 14 heteroatoms. The van der Waals surface area contributed by atoms with Gasteiger partial charge < -0.3 is 35.6 Å². The molecule has 13 nitrogen and oxygen atoms in total. The molecule has 270 valence electrons. The van der Waals surface area contributed by atoms with Crippen LogP contribution in [0.4, 0.5) is 0 Å². The molecule has 5 atom stereocenters. The molecule has 3 aromatic rings. The number of benzene rings is 2. The molecule has 2 fully saturated rings. The van der Waals surface area contributed by atoms with Gasteiger partial charge in [0.05, 0.1) is 35.8 Å². The number of carbonyl (C=O) groups is 5. The summed E-state index contributed by atoms with van der Waals surface area (Å²) in [6.45, 7) is 3.34. The highest BCUT2D eigenvalue weighted by molar-refractivity contribution is 7.09. The van der Waals surface area contributed by atoms with Crippen molar-refractivity contribution in [2.24, 2.45) is 5.92 Å². The maximum Gasteiger partial charge on any atom is 0.258 e. The van der Waals surface area contributed by atoms with Crippen molar-refractivity contribution in [2.75, 3.05) is 32.8 Å². The Hall–Kier alpha value is -4.82. The fraction of sp³-hybridized carbons (Fsp3) is 0.459. The zero-order chi connectivity index (χ0) is 36.1. The highest BCUT2D eigenvalue weighted by Crippen LogP contribution is 2.32. The van der Waals surface area contributed by atoms with E-state index >= 15 is 0 Å². The Labute approximate surface area is 300 Å². The van der Waals surface area contributed by atoms with Crippen LogP contribution < -0.4 is 20.7 Å². The highest BCUT2D eigenvalue weighted by Gasteiger charge is 2.39. The molecule has 1 saturated heterocycles. The summed E-state index contributed by atoms with van der Waals surface area (Å²) in [6, 6.07) is 13.6. The van der Waals surface area contributed by atoms with Crippen molar-refractivity contribution in [1.82, 2.24) is 30.7 Å². The number of carbonyl (C=O) groups excluding carboxylic acids is 5. The number of nitrogens with zero attached hydrogens (tertiary/aromatic N) is 3. The van der Waals surface area contributed by atoms with Crippen LogP contribution in [0.15, 0.2) is 60.0 Å². The second-order valence-corrected chi connectivity index (χ2v) is 14.7. The largest absolute Gasteiger partial charge is 0.484 e. The summed E-state index contributed by atoms with van der Waals surface area (Å²) in [4.78, 5) is 75.7. The lowest BCUT2D eigenvalue weighted by Gasteiger charge is -2.30. The lowest BCUT2D eigenvalue weighted by molar-refractivity contribution is -0.143. The zero-order valence-corrected chi connectivity index (χ0v) is 29.6. The SMILES string of the molecule is Cc1nc(CC(=O)N2C[C@@H]3NC(=O)[C@H](Cc4ccccc4)NC(=O)CN(CC4CC4)C(=O)[C@H]([C@@H](C)O)NC(=O)COc4cccc(c4)[C@H]3C2)cs1. The van der Waals surface area contributed by atoms with E-state index in [9.17, 15) is 29.1 Å². The zero-order valence-electron chi connectivity index (χ0n) is 28.7. The Morgan fingerprint density at radius 1 is 1.02 bits per heavy atom. The standard InChI is InChI=1S/C37H44N6O7S/c1-22(44)35-37(49)43(16-25-11-12-25)19-32(45)39-30(13-24-7-4-3-5-8-24)36(48)40-31-18-42(34(47)15-27-21-51-23(2)38-27)17-29(31)26-9-6-10-28(14-26)50-20-33(46)41-35/h3-10,14,21-22,25,29-31,35,44H,11-13,15-20H2,1-2H3,(H,39,45)(H,40,48)(H,41,46)/t22-,29-,30+,31+,35+/m1/s1. The predicted octanol–water partition coefficient (Wildman–Crippen LogP) is 1.33. The van der Waals surface area contributed by atoms with Crippen molar-refractivity contribution in [1.29, 1.82) is 0 Å². The van der Waals surface area contributed by atoms with E-state index in [1.165, 1.54) is 23.2 Å². The van der Waals surface area contributed by atoms with Crippen molar-refractivity contribution in [3.63, 3.8) is 0 Å². The number of amides is 5. The Balaban J connectivity index is 1.32. The average molecular weight is 717 g/mol. The molecule has 3 heterocycles. The van der Waals surface area contributed by atoms with Crippen LogP contribution in [0.5, 0.6) is 5.75 Å². The lowest BCUT2D eigenvalue weighted by atomic mass is 9.93. The van der Waals surface area contributed by atoms with E-state index < -0.39 is 54.5 Å². The monoisotopic (exact) mass is 716 g/mol. The van der Waals surface area contributed by atoms with Gasteiger partial charge in [0.25, 0.3) is 5.91 Å². The first-order valence-corrected chi connectivity index (χ1v) is 18.2. The van der Waals surface area contributed by atoms with E-state index in [2.05, 4.69) is 20.9 Å². The smallest absolute Gasteiger partial charge is 0.258 e. The van der Waals surface area contributed by atoms with Gasteiger partial charge in [0.15, 0.2) is 6.61 Å². The van der Waals surface area contributed by atoms with E-state index in [1.807, 2.05) is 48.7 Å². The Bertz CT molecular complexity index is 1750. The number of ether oxygens (including phenoxy) is 1. The first-order valence-electron chi connectivity index (χ1n) is 17.3. The normalized spacial score (nSPS) is 24.0. The van der Waals surface area contributed by atoms with Gasteiger partial charge in [-0.25, -0.2) is 4.98 Å². The van der Waals surface area contributed by atoms with E-state index in [-0.39, 0.29) is 50.2 Å². The lowest BCUT2D eigenvalue weighted by Crippen LogP contribution is -2.58. The third kappa shape index (κ3) is 9.50. The summed E-state index contributed by atoms with van der Waals surface area (Å²) in [6.07, 6.45) is 0.865. The van der Waals surface area contributed by atoms with Gasteiger partial charge in [-0.1, -0.05) is 42.5 Å². The van der Waals surface area contributed by atoms with Crippen LogP contribution >= 0.6 is 11.3 Å². The Morgan fingerprint density at radius 2 is 1.80 bits per heavy atom. The van der Waals surface area contributed by atoms with Crippen molar-refractivity contribution >= 4 is 40.9 Å². The minimum absolute atomic E-state index is 0.119. The summed E-state index contributed by atoms with van der Waals surface area (Å²) in [5, 5.41) is 21.9. The first-order chi connectivity index (χ1) is 24.5. The minimum Gasteiger partial charge on any atom is -0.484 e. The van der Waals surface area contributed by atoms with E-state index in [0.717, 1.165) is 29.0 Å². The number of hydrogen-bond donors (Lipinski definition) is 4. The van der Waals surface area contributed by atoms with Crippen molar-refractivity contribution in [3.8, 4) is 5.75 Å². The number of aryl methyl sites for hydroxylation is 1. The molecule has 4 N–H and O–H groups in total. The molecule has 51 heavy (non-hydrogen) atoms. The average Bonchev–Trinajstić information content (AvgIpc) is 3.68. The predicted molar refractivity (Wildman–Crippen MR) is 189 cm³/mol. The molecule has 5 amide bonds. The van der Waals surface area contributed by atoms with E-state index in [0.29, 0.717) is 18.0 Å². The number of aliphatic hydroxyl groups excluding tert-OH is 1.